The summed E-state index contributed by atoms with van der Waals surface area (Å²) in [5, 5.41) is 9.48. The largest absolute Gasteiger partial charge is 0.355 e. The van der Waals surface area contributed by atoms with Crippen molar-refractivity contribution in [3.05, 3.63) is 11.6 Å². The molecular weight excluding hydrogens is 270 g/mol. The molecule has 0 radical (unpaired) electrons. The Morgan fingerprint density at radius 2 is 1.95 bits per heavy atom. The number of nitrogens with zero attached hydrogens (tertiary/aromatic N) is 3. The van der Waals surface area contributed by atoms with E-state index in [1.165, 1.54) is 4.90 Å². The lowest BCUT2D eigenvalue weighted by Gasteiger charge is -2.19. The Balaban J connectivity index is 2.69. The molecule has 7 heteroatoms. The molecule has 0 aliphatic carbocycles. The molecule has 0 unspecified atom stereocenters. The van der Waals surface area contributed by atoms with E-state index in [0.29, 0.717) is 18.9 Å². The molecule has 1 aromatic rings. The van der Waals surface area contributed by atoms with E-state index in [1.807, 2.05) is 20.8 Å². The topological polar surface area (TPSA) is 91.0 Å². The molecule has 118 valence electrons. The molecule has 0 aliphatic heterocycles. The first-order chi connectivity index (χ1) is 10.1. The molecule has 0 bridgehead atoms. The van der Waals surface area contributed by atoms with E-state index >= 15 is 0 Å². The summed E-state index contributed by atoms with van der Waals surface area (Å²) < 4.78 is 0. The molecule has 7 nitrogen and oxygen atoms in total. The lowest BCUT2D eigenvalue weighted by atomic mass is 10.3. The zero-order valence-electron chi connectivity index (χ0n) is 13.1. The summed E-state index contributed by atoms with van der Waals surface area (Å²) in [6.45, 7) is 7.16. The molecule has 1 heterocycles. The van der Waals surface area contributed by atoms with Crippen molar-refractivity contribution in [2.24, 2.45) is 0 Å². The third-order valence-electron chi connectivity index (χ3n) is 2.90. The van der Waals surface area contributed by atoms with Crippen LogP contribution in [-0.4, -0.2) is 51.5 Å². The zero-order valence-corrected chi connectivity index (χ0v) is 13.1. The van der Waals surface area contributed by atoms with Gasteiger partial charge in [0.2, 0.25) is 11.7 Å². The summed E-state index contributed by atoms with van der Waals surface area (Å²) in [4.78, 5) is 29.8. The Bertz CT molecular complexity index is 458. The Morgan fingerprint density at radius 1 is 1.19 bits per heavy atom. The zero-order chi connectivity index (χ0) is 15.7. The summed E-state index contributed by atoms with van der Waals surface area (Å²) in [7, 11) is 0. The van der Waals surface area contributed by atoms with Crippen molar-refractivity contribution >= 4 is 11.8 Å². The molecule has 0 fully saturated rings. The van der Waals surface area contributed by atoms with Crippen LogP contribution in [0.25, 0.3) is 0 Å². The lowest BCUT2D eigenvalue weighted by molar-refractivity contribution is -0.121. The third-order valence-corrected chi connectivity index (χ3v) is 2.90. The highest BCUT2D eigenvalue weighted by Crippen LogP contribution is 2.03. The molecular formula is C14H25N5O2. The maximum atomic E-state index is 12.4. The number of carbonyl (C=O) groups is 2. The normalized spacial score (nSPS) is 10.4. The van der Waals surface area contributed by atoms with Gasteiger partial charge in [-0.05, 0) is 19.3 Å². The van der Waals surface area contributed by atoms with Crippen LogP contribution in [0.15, 0.2) is 0 Å². The van der Waals surface area contributed by atoms with Crippen molar-refractivity contribution in [3.8, 4) is 0 Å². The number of hydrogen-bond acceptors (Lipinski definition) is 4. The fourth-order valence-corrected chi connectivity index (χ4v) is 1.90. The average molecular weight is 295 g/mol. The Morgan fingerprint density at radius 3 is 2.57 bits per heavy atom. The van der Waals surface area contributed by atoms with Crippen LogP contribution in [0.1, 0.15) is 56.5 Å². The molecule has 0 aromatic carbocycles. The first-order valence-electron chi connectivity index (χ1n) is 7.59. The maximum Gasteiger partial charge on any atom is 0.293 e. The molecule has 0 saturated heterocycles. The van der Waals surface area contributed by atoms with Crippen LogP contribution in [0.5, 0.6) is 0 Å². The van der Waals surface area contributed by atoms with Crippen LogP contribution in [0, 0.1) is 0 Å². The standard InChI is InChI=1S/C14H25N5O2/c1-4-7-11-16-13(18-17-11)14(21)19(9-6-3)10-12(20)15-8-5-2/h4-10H2,1-3H3,(H,15,20)(H,16,17,18). The molecule has 2 amide bonds. The number of aryl methyl sites for hydroxylation is 1. The highest BCUT2D eigenvalue weighted by Gasteiger charge is 2.21. The van der Waals surface area contributed by atoms with Gasteiger partial charge in [0.25, 0.3) is 5.91 Å². The maximum absolute atomic E-state index is 12.4. The third kappa shape index (κ3) is 5.53. The van der Waals surface area contributed by atoms with E-state index in [4.69, 9.17) is 0 Å². The van der Waals surface area contributed by atoms with Crippen LogP contribution in [0.2, 0.25) is 0 Å². The number of hydrogen-bond donors (Lipinski definition) is 2. The summed E-state index contributed by atoms with van der Waals surface area (Å²) in [5.74, 6) is 0.382. The molecule has 2 N–H and O–H groups in total. The fourth-order valence-electron chi connectivity index (χ4n) is 1.90. The van der Waals surface area contributed by atoms with Gasteiger partial charge in [-0.3, -0.25) is 14.7 Å². The van der Waals surface area contributed by atoms with E-state index in [9.17, 15) is 9.59 Å². The molecule has 0 spiro atoms. The highest BCUT2D eigenvalue weighted by atomic mass is 16.2. The van der Waals surface area contributed by atoms with Gasteiger partial charge in [-0.1, -0.05) is 20.8 Å². The van der Waals surface area contributed by atoms with Gasteiger partial charge >= 0.3 is 0 Å². The highest BCUT2D eigenvalue weighted by molar-refractivity contribution is 5.93. The van der Waals surface area contributed by atoms with Gasteiger partial charge in [0, 0.05) is 19.5 Å². The number of H-pyrrole nitrogens is 1. The van der Waals surface area contributed by atoms with Crippen molar-refractivity contribution in [3.63, 3.8) is 0 Å². The minimum Gasteiger partial charge on any atom is -0.355 e. The number of aromatic nitrogens is 3. The van der Waals surface area contributed by atoms with Crippen molar-refractivity contribution in [1.82, 2.24) is 25.4 Å². The number of rotatable bonds is 9. The minimum absolute atomic E-state index is 0.0460. The second-order valence-corrected chi connectivity index (χ2v) is 4.93. The number of carbonyl (C=O) groups excluding carboxylic acids is 2. The van der Waals surface area contributed by atoms with Crippen LogP contribution in [-0.2, 0) is 11.2 Å². The monoisotopic (exact) mass is 295 g/mol. The van der Waals surface area contributed by atoms with E-state index in [2.05, 4.69) is 20.5 Å². The lowest BCUT2D eigenvalue weighted by Crippen LogP contribution is -2.41. The van der Waals surface area contributed by atoms with Gasteiger partial charge in [-0.15, -0.1) is 5.10 Å². The summed E-state index contributed by atoms with van der Waals surface area (Å²) in [6.07, 6.45) is 3.33. The van der Waals surface area contributed by atoms with E-state index < -0.39 is 0 Å². The minimum atomic E-state index is -0.304. The van der Waals surface area contributed by atoms with Crippen LogP contribution >= 0.6 is 0 Å². The van der Waals surface area contributed by atoms with Crippen molar-refractivity contribution < 1.29 is 9.59 Å². The van der Waals surface area contributed by atoms with Gasteiger partial charge in [0.15, 0.2) is 0 Å². The summed E-state index contributed by atoms with van der Waals surface area (Å²) >= 11 is 0. The second kappa shape index (κ2) is 9.10. The summed E-state index contributed by atoms with van der Waals surface area (Å²) in [5.41, 5.74) is 0. The molecule has 1 rings (SSSR count). The van der Waals surface area contributed by atoms with Crippen molar-refractivity contribution in [2.45, 2.75) is 46.5 Å². The van der Waals surface area contributed by atoms with Gasteiger partial charge in [-0.25, -0.2) is 4.98 Å². The van der Waals surface area contributed by atoms with Crippen molar-refractivity contribution in [2.75, 3.05) is 19.6 Å². The first-order valence-corrected chi connectivity index (χ1v) is 7.59. The number of amides is 2. The Labute approximate surface area is 125 Å². The van der Waals surface area contributed by atoms with Gasteiger partial charge < -0.3 is 10.2 Å². The predicted molar refractivity (Wildman–Crippen MR) is 79.9 cm³/mol. The van der Waals surface area contributed by atoms with E-state index in [-0.39, 0.29) is 24.2 Å². The summed E-state index contributed by atoms with van der Waals surface area (Å²) in [6, 6.07) is 0. The van der Waals surface area contributed by atoms with Gasteiger partial charge in [0.05, 0.1) is 6.54 Å². The fraction of sp³-hybridized carbons (Fsp3) is 0.714. The Hall–Kier alpha value is -1.92. The first kappa shape index (κ1) is 17.1. The van der Waals surface area contributed by atoms with Crippen LogP contribution in [0.4, 0.5) is 0 Å². The van der Waals surface area contributed by atoms with Gasteiger partial charge in [-0.2, -0.15) is 0 Å². The number of nitrogens with one attached hydrogen (secondary N) is 2. The second-order valence-electron chi connectivity index (χ2n) is 4.93. The SMILES string of the molecule is CCCNC(=O)CN(CCC)C(=O)c1n[nH]c(CCC)n1. The van der Waals surface area contributed by atoms with Gasteiger partial charge in [0.1, 0.15) is 5.82 Å². The quantitative estimate of drug-likeness (QED) is 0.714. The van der Waals surface area contributed by atoms with Crippen LogP contribution in [0.3, 0.4) is 0 Å². The van der Waals surface area contributed by atoms with Crippen LogP contribution < -0.4 is 5.32 Å². The predicted octanol–water partition coefficient (Wildman–Crippen LogP) is 1.14. The molecule has 0 saturated carbocycles. The van der Waals surface area contributed by atoms with E-state index in [0.717, 1.165) is 25.7 Å². The van der Waals surface area contributed by atoms with Crippen molar-refractivity contribution in [1.29, 1.82) is 0 Å². The molecule has 21 heavy (non-hydrogen) atoms. The Kier molecular flexibility index (Phi) is 7.42. The van der Waals surface area contributed by atoms with E-state index in [1.54, 1.807) is 0 Å². The molecule has 0 atom stereocenters. The average Bonchev–Trinajstić information content (AvgIpc) is 2.93. The molecule has 1 aromatic heterocycles. The smallest absolute Gasteiger partial charge is 0.293 e. The number of aromatic amines is 1. The molecule has 0 aliphatic rings.